The summed E-state index contributed by atoms with van der Waals surface area (Å²) in [6.07, 6.45) is 1.91. The number of rotatable bonds is 4. The minimum absolute atomic E-state index is 0.00341. The van der Waals surface area contributed by atoms with E-state index in [2.05, 4.69) is 9.88 Å². The molecule has 2 aromatic heterocycles. The van der Waals surface area contributed by atoms with Gasteiger partial charge in [-0.25, -0.2) is 9.37 Å². The fourth-order valence-electron chi connectivity index (χ4n) is 3.82. The molecule has 2 aromatic carbocycles. The number of hydrogen-bond acceptors (Lipinski definition) is 5. The number of nitrogens with zero attached hydrogens (tertiary/aromatic N) is 4. The normalized spacial score (nSPS) is 14.3. The Kier molecular flexibility index (Phi) is 5.07. The van der Waals surface area contributed by atoms with Crippen LogP contribution >= 0.6 is 11.3 Å². The molecule has 5 rings (SSSR count). The highest BCUT2D eigenvalue weighted by Crippen LogP contribution is 2.26. The minimum Gasteiger partial charge on any atom is -0.497 e. The van der Waals surface area contributed by atoms with E-state index in [-0.39, 0.29) is 11.7 Å². The van der Waals surface area contributed by atoms with Crippen LogP contribution in [-0.4, -0.2) is 53.5 Å². The van der Waals surface area contributed by atoms with E-state index in [0.717, 1.165) is 27.7 Å². The van der Waals surface area contributed by atoms with Crippen LogP contribution in [0.1, 0.15) is 10.5 Å². The fourth-order valence-corrected chi connectivity index (χ4v) is 4.67. The Balaban J connectivity index is 1.32. The van der Waals surface area contributed by atoms with E-state index >= 15 is 0 Å². The van der Waals surface area contributed by atoms with Crippen LogP contribution < -0.4 is 9.64 Å². The monoisotopic (exact) mass is 436 g/mol. The summed E-state index contributed by atoms with van der Waals surface area (Å²) in [6, 6.07) is 14.2. The zero-order valence-corrected chi connectivity index (χ0v) is 17.8. The highest BCUT2D eigenvalue weighted by Gasteiger charge is 2.25. The lowest BCUT2D eigenvalue weighted by atomic mass is 10.2. The first-order valence-corrected chi connectivity index (χ1v) is 10.9. The van der Waals surface area contributed by atoms with Crippen LogP contribution in [-0.2, 0) is 0 Å². The number of ether oxygens (including phenoxy) is 1. The maximum atomic E-state index is 13.2. The maximum absolute atomic E-state index is 13.2. The Morgan fingerprint density at radius 3 is 2.42 bits per heavy atom. The largest absolute Gasteiger partial charge is 0.497 e. The van der Waals surface area contributed by atoms with E-state index in [1.54, 1.807) is 19.2 Å². The molecule has 0 aliphatic carbocycles. The molecule has 3 heterocycles. The minimum atomic E-state index is -0.242. The number of fused-ring (bicyclic) bond motifs is 1. The zero-order chi connectivity index (χ0) is 21.4. The van der Waals surface area contributed by atoms with Gasteiger partial charge in [-0.3, -0.25) is 9.20 Å². The molecule has 1 saturated heterocycles. The Morgan fingerprint density at radius 1 is 1.03 bits per heavy atom. The van der Waals surface area contributed by atoms with Gasteiger partial charge in [0.05, 0.1) is 12.8 Å². The van der Waals surface area contributed by atoms with Crippen LogP contribution in [0.25, 0.3) is 16.2 Å². The van der Waals surface area contributed by atoms with Crippen molar-refractivity contribution in [2.45, 2.75) is 0 Å². The van der Waals surface area contributed by atoms with Crippen molar-refractivity contribution < 1.29 is 13.9 Å². The number of anilines is 1. The van der Waals surface area contributed by atoms with Gasteiger partial charge in [0, 0.05) is 49.0 Å². The number of amides is 1. The maximum Gasteiger partial charge on any atom is 0.271 e. The molecule has 0 radical (unpaired) electrons. The van der Waals surface area contributed by atoms with Crippen molar-refractivity contribution in [1.82, 2.24) is 14.3 Å². The fraction of sp³-hybridized carbons (Fsp3) is 0.217. The van der Waals surface area contributed by atoms with E-state index in [0.29, 0.717) is 31.9 Å². The summed E-state index contributed by atoms with van der Waals surface area (Å²) in [4.78, 5) is 22.7. The van der Waals surface area contributed by atoms with Crippen LogP contribution in [0, 0.1) is 5.82 Å². The summed E-state index contributed by atoms with van der Waals surface area (Å²) in [7, 11) is 1.64. The van der Waals surface area contributed by atoms with Crippen LogP contribution in [0.2, 0.25) is 0 Å². The summed E-state index contributed by atoms with van der Waals surface area (Å²) in [5.74, 6) is 0.553. The molecule has 0 N–H and O–H groups in total. The van der Waals surface area contributed by atoms with Gasteiger partial charge in [0.2, 0.25) is 0 Å². The number of aromatic nitrogens is 2. The van der Waals surface area contributed by atoms with Gasteiger partial charge in [-0.1, -0.05) is 0 Å². The molecule has 1 amide bonds. The van der Waals surface area contributed by atoms with Crippen molar-refractivity contribution in [2.24, 2.45) is 0 Å². The zero-order valence-electron chi connectivity index (χ0n) is 17.0. The van der Waals surface area contributed by atoms with Crippen molar-refractivity contribution in [1.29, 1.82) is 0 Å². The Hall–Kier alpha value is -3.39. The summed E-state index contributed by atoms with van der Waals surface area (Å²) in [5, 5.41) is 1.87. The van der Waals surface area contributed by atoms with Gasteiger partial charge >= 0.3 is 0 Å². The van der Waals surface area contributed by atoms with Crippen molar-refractivity contribution >= 4 is 27.9 Å². The molecule has 0 saturated carbocycles. The number of benzene rings is 2. The smallest absolute Gasteiger partial charge is 0.271 e. The Bertz CT molecular complexity index is 1210. The predicted molar refractivity (Wildman–Crippen MR) is 120 cm³/mol. The van der Waals surface area contributed by atoms with Gasteiger partial charge in [-0.05, 0) is 48.5 Å². The summed E-state index contributed by atoms with van der Waals surface area (Å²) >= 11 is 1.46. The number of methoxy groups -OCH3 is 1. The lowest BCUT2D eigenvalue weighted by Gasteiger charge is -2.36. The van der Waals surface area contributed by atoms with Crippen LogP contribution in [0.15, 0.2) is 60.1 Å². The third-order valence-corrected chi connectivity index (χ3v) is 6.41. The Morgan fingerprint density at radius 2 is 1.74 bits per heavy atom. The summed E-state index contributed by atoms with van der Waals surface area (Å²) in [5.41, 5.74) is 3.40. The molecule has 0 bridgehead atoms. The number of imidazole rings is 1. The first-order valence-electron chi connectivity index (χ1n) is 10.0. The number of piperazine rings is 1. The number of hydrogen-bond donors (Lipinski definition) is 0. The lowest BCUT2D eigenvalue weighted by molar-refractivity contribution is 0.0740. The van der Waals surface area contributed by atoms with E-state index in [4.69, 9.17) is 4.74 Å². The summed E-state index contributed by atoms with van der Waals surface area (Å²) < 4.78 is 20.3. The molecule has 4 aromatic rings. The van der Waals surface area contributed by atoms with Crippen LogP contribution in [0.3, 0.4) is 0 Å². The lowest BCUT2D eigenvalue weighted by Crippen LogP contribution is -2.49. The van der Waals surface area contributed by atoms with Gasteiger partial charge in [-0.15, -0.1) is 11.3 Å². The van der Waals surface area contributed by atoms with E-state index in [1.165, 1.54) is 23.5 Å². The second-order valence-corrected chi connectivity index (χ2v) is 8.22. The molecule has 6 nitrogen and oxygen atoms in total. The molecule has 1 aliphatic heterocycles. The number of thiazole rings is 1. The van der Waals surface area contributed by atoms with Gasteiger partial charge < -0.3 is 14.5 Å². The van der Waals surface area contributed by atoms with Crippen molar-refractivity contribution in [3.05, 3.63) is 71.6 Å². The molecule has 1 fully saturated rings. The van der Waals surface area contributed by atoms with Crippen molar-refractivity contribution in [2.75, 3.05) is 38.2 Å². The van der Waals surface area contributed by atoms with Gasteiger partial charge in [0.1, 0.15) is 17.3 Å². The highest BCUT2D eigenvalue weighted by molar-refractivity contribution is 7.15. The van der Waals surface area contributed by atoms with E-state index in [1.807, 2.05) is 45.1 Å². The molecule has 0 unspecified atom stereocenters. The van der Waals surface area contributed by atoms with Gasteiger partial charge in [-0.2, -0.15) is 0 Å². The second-order valence-electron chi connectivity index (χ2n) is 7.38. The summed E-state index contributed by atoms with van der Waals surface area (Å²) in [6.45, 7) is 2.67. The molecule has 0 spiro atoms. The third kappa shape index (κ3) is 3.74. The van der Waals surface area contributed by atoms with Crippen molar-refractivity contribution in [3.8, 4) is 17.0 Å². The topological polar surface area (TPSA) is 50.1 Å². The van der Waals surface area contributed by atoms with Crippen LogP contribution in [0.4, 0.5) is 10.1 Å². The molecule has 0 atom stereocenters. The molecular formula is C23H21FN4O2S. The number of carbonyl (C=O) groups is 1. The highest BCUT2D eigenvalue weighted by atomic mass is 32.1. The Labute approximate surface area is 183 Å². The van der Waals surface area contributed by atoms with Crippen LogP contribution in [0.5, 0.6) is 5.75 Å². The molecule has 158 valence electrons. The van der Waals surface area contributed by atoms with Gasteiger partial charge in [0.25, 0.3) is 5.91 Å². The standard InChI is InChI=1S/C23H21FN4O2S/c1-30-19-8-2-16(3-9-19)20-14-28-21(15-31-23(28)25-20)22(29)27-12-10-26(11-13-27)18-6-4-17(24)5-7-18/h2-9,14-15H,10-13H2,1H3. The average molecular weight is 437 g/mol. The quantitative estimate of drug-likeness (QED) is 0.482. The first-order chi connectivity index (χ1) is 15.1. The predicted octanol–water partition coefficient (Wildman–Crippen LogP) is 4.17. The van der Waals surface area contributed by atoms with Crippen molar-refractivity contribution in [3.63, 3.8) is 0 Å². The average Bonchev–Trinajstić information content (AvgIpc) is 3.40. The van der Waals surface area contributed by atoms with E-state index in [9.17, 15) is 9.18 Å². The third-order valence-electron chi connectivity index (χ3n) is 5.57. The van der Waals surface area contributed by atoms with Gasteiger partial charge in [0.15, 0.2) is 4.96 Å². The molecule has 1 aliphatic rings. The number of halogens is 1. The SMILES string of the molecule is COc1ccc(-c2cn3c(C(=O)N4CCN(c5ccc(F)cc5)CC4)csc3n2)cc1. The van der Waals surface area contributed by atoms with E-state index < -0.39 is 0 Å². The molecule has 31 heavy (non-hydrogen) atoms. The second kappa shape index (κ2) is 8.03. The molecular weight excluding hydrogens is 415 g/mol. The number of carbonyl (C=O) groups excluding carboxylic acids is 1. The first kappa shape index (κ1) is 19.6. The molecule has 8 heteroatoms.